The minimum absolute atomic E-state index is 0.123. The van der Waals surface area contributed by atoms with Gasteiger partial charge < -0.3 is 9.26 Å². The second-order valence-electron chi connectivity index (χ2n) is 5.49. The zero-order valence-corrected chi connectivity index (χ0v) is 12.5. The standard InChI is InChI=1S/C16H21N3O2/c1-12(19-10-6-9-14(19)11-20-2)16-17-15(18-21-16)13-7-4-3-5-8-13/h3-5,7-8,12,14H,6,9-11H2,1-2H3/t12-,14+/m1/s1. The third-order valence-electron chi connectivity index (χ3n) is 4.11. The van der Waals surface area contributed by atoms with Crippen LogP contribution in [-0.2, 0) is 4.74 Å². The van der Waals surface area contributed by atoms with E-state index in [1.165, 1.54) is 6.42 Å². The maximum Gasteiger partial charge on any atom is 0.244 e. The lowest BCUT2D eigenvalue weighted by atomic mass is 10.2. The molecule has 1 fully saturated rings. The van der Waals surface area contributed by atoms with Gasteiger partial charge >= 0.3 is 0 Å². The van der Waals surface area contributed by atoms with Crippen molar-refractivity contribution < 1.29 is 9.26 Å². The van der Waals surface area contributed by atoms with E-state index < -0.39 is 0 Å². The van der Waals surface area contributed by atoms with Crippen LogP contribution in [-0.4, -0.2) is 41.3 Å². The van der Waals surface area contributed by atoms with Crippen molar-refractivity contribution in [3.8, 4) is 11.4 Å². The van der Waals surface area contributed by atoms with Crippen molar-refractivity contribution in [1.29, 1.82) is 0 Å². The van der Waals surface area contributed by atoms with Crippen molar-refractivity contribution >= 4 is 0 Å². The van der Waals surface area contributed by atoms with Crippen LogP contribution in [0.4, 0.5) is 0 Å². The molecule has 2 aromatic rings. The number of hydrogen-bond acceptors (Lipinski definition) is 5. The fraction of sp³-hybridized carbons (Fsp3) is 0.500. The zero-order chi connectivity index (χ0) is 14.7. The van der Waals surface area contributed by atoms with Crippen LogP contribution < -0.4 is 0 Å². The molecule has 1 saturated heterocycles. The van der Waals surface area contributed by atoms with Crippen LogP contribution >= 0.6 is 0 Å². The minimum Gasteiger partial charge on any atom is -0.383 e. The Labute approximate surface area is 124 Å². The maximum absolute atomic E-state index is 5.48. The van der Waals surface area contributed by atoms with Gasteiger partial charge in [0.05, 0.1) is 12.6 Å². The molecule has 112 valence electrons. The molecule has 21 heavy (non-hydrogen) atoms. The Balaban J connectivity index is 1.76. The topological polar surface area (TPSA) is 51.4 Å². The first kappa shape index (κ1) is 14.2. The number of likely N-dealkylation sites (tertiary alicyclic amines) is 1. The Morgan fingerprint density at radius 1 is 1.38 bits per heavy atom. The first-order valence-corrected chi connectivity index (χ1v) is 7.43. The summed E-state index contributed by atoms with van der Waals surface area (Å²) in [6.07, 6.45) is 2.36. The number of aromatic nitrogens is 2. The lowest BCUT2D eigenvalue weighted by Gasteiger charge is -2.27. The molecule has 2 atom stereocenters. The molecule has 1 aromatic carbocycles. The van der Waals surface area contributed by atoms with E-state index in [-0.39, 0.29) is 6.04 Å². The lowest BCUT2D eigenvalue weighted by molar-refractivity contribution is 0.0828. The predicted octanol–water partition coefficient (Wildman–Crippen LogP) is 2.91. The molecule has 0 bridgehead atoms. The number of rotatable bonds is 5. The Morgan fingerprint density at radius 2 is 2.19 bits per heavy atom. The van der Waals surface area contributed by atoms with Crippen LogP contribution in [0, 0.1) is 0 Å². The summed E-state index contributed by atoms with van der Waals surface area (Å²) in [5.41, 5.74) is 0.981. The minimum atomic E-state index is 0.123. The Kier molecular flexibility index (Phi) is 4.31. The summed E-state index contributed by atoms with van der Waals surface area (Å²) < 4.78 is 10.8. The average molecular weight is 287 g/mol. The number of methoxy groups -OCH3 is 1. The fourth-order valence-corrected chi connectivity index (χ4v) is 2.99. The quantitative estimate of drug-likeness (QED) is 0.846. The highest BCUT2D eigenvalue weighted by molar-refractivity contribution is 5.53. The van der Waals surface area contributed by atoms with Gasteiger partial charge in [-0.05, 0) is 26.3 Å². The van der Waals surface area contributed by atoms with Gasteiger partial charge in [-0.3, -0.25) is 4.90 Å². The largest absolute Gasteiger partial charge is 0.383 e. The van der Waals surface area contributed by atoms with Gasteiger partial charge in [-0.1, -0.05) is 35.5 Å². The van der Waals surface area contributed by atoms with Gasteiger partial charge in [0, 0.05) is 18.7 Å². The summed E-state index contributed by atoms with van der Waals surface area (Å²) in [6.45, 7) is 3.93. The van der Waals surface area contributed by atoms with Crippen molar-refractivity contribution in [2.75, 3.05) is 20.3 Å². The third-order valence-corrected chi connectivity index (χ3v) is 4.11. The predicted molar refractivity (Wildman–Crippen MR) is 79.8 cm³/mol. The van der Waals surface area contributed by atoms with Gasteiger partial charge in [0.1, 0.15) is 0 Å². The van der Waals surface area contributed by atoms with Crippen molar-refractivity contribution in [3.63, 3.8) is 0 Å². The van der Waals surface area contributed by atoms with Crippen LogP contribution in [0.1, 0.15) is 31.7 Å². The van der Waals surface area contributed by atoms with Crippen LogP contribution in [0.15, 0.2) is 34.9 Å². The monoisotopic (exact) mass is 287 g/mol. The van der Waals surface area contributed by atoms with Crippen LogP contribution in [0.2, 0.25) is 0 Å². The third kappa shape index (κ3) is 2.99. The SMILES string of the molecule is COC[C@@H]1CCCN1[C@H](C)c1nc(-c2ccccc2)no1. The van der Waals surface area contributed by atoms with Gasteiger partial charge in [-0.15, -0.1) is 0 Å². The Bertz CT molecular complexity index is 570. The molecule has 2 heterocycles. The average Bonchev–Trinajstić information content (AvgIpc) is 3.17. The fourth-order valence-electron chi connectivity index (χ4n) is 2.99. The number of hydrogen-bond donors (Lipinski definition) is 0. The molecule has 0 radical (unpaired) electrons. The van der Waals surface area contributed by atoms with E-state index in [2.05, 4.69) is 22.0 Å². The van der Waals surface area contributed by atoms with Crippen LogP contribution in [0.3, 0.4) is 0 Å². The van der Waals surface area contributed by atoms with Gasteiger partial charge in [0.2, 0.25) is 11.7 Å². The molecule has 0 unspecified atom stereocenters. The van der Waals surface area contributed by atoms with E-state index >= 15 is 0 Å². The molecule has 3 rings (SSSR count). The van der Waals surface area contributed by atoms with E-state index in [0.29, 0.717) is 17.8 Å². The molecule has 0 amide bonds. The van der Waals surface area contributed by atoms with E-state index in [1.807, 2.05) is 30.3 Å². The first-order valence-electron chi connectivity index (χ1n) is 7.43. The summed E-state index contributed by atoms with van der Waals surface area (Å²) in [7, 11) is 1.75. The van der Waals surface area contributed by atoms with Crippen LogP contribution in [0.5, 0.6) is 0 Å². The molecule has 1 aliphatic heterocycles. The Hall–Kier alpha value is -1.72. The molecule has 0 aliphatic carbocycles. The zero-order valence-electron chi connectivity index (χ0n) is 12.5. The second kappa shape index (κ2) is 6.37. The summed E-state index contributed by atoms with van der Waals surface area (Å²) in [6, 6.07) is 10.5. The molecule has 1 aliphatic rings. The molecule has 0 spiro atoms. The van der Waals surface area contributed by atoms with E-state index in [4.69, 9.17) is 9.26 Å². The maximum atomic E-state index is 5.48. The molecular formula is C16H21N3O2. The van der Waals surface area contributed by atoms with Gasteiger partial charge in [0.15, 0.2) is 0 Å². The van der Waals surface area contributed by atoms with Crippen molar-refractivity contribution in [3.05, 3.63) is 36.2 Å². The summed E-state index contributed by atoms with van der Waals surface area (Å²) in [4.78, 5) is 6.95. The van der Waals surface area contributed by atoms with Crippen molar-refractivity contribution in [2.24, 2.45) is 0 Å². The number of ether oxygens (including phenoxy) is 1. The van der Waals surface area contributed by atoms with Gasteiger partial charge in [-0.2, -0.15) is 4.98 Å². The molecule has 5 nitrogen and oxygen atoms in total. The normalized spacial score (nSPS) is 20.8. The van der Waals surface area contributed by atoms with E-state index in [0.717, 1.165) is 25.1 Å². The van der Waals surface area contributed by atoms with E-state index in [9.17, 15) is 0 Å². The second-order valence-corrected chi connectivity index (χ2v) is 5.49. The first-order chi connectivity index (χ1) is 10.3. The van der Waals surface area contributed by atoms with E-state index in [1.54, 1.807) is 7.11 Å². The highest BCUT2D eigenvalue weighted by Crippen LogP contribution is 2.29. The molecule has 0 N–H and O–H groups in total. The highest BCUT2D eigenvalue weighted by atomic mass is 16.5. The smallest absolute Gasteiger partial charge is 0.244 e. The van der Waals surface area contributed by atoms with Crippen molar-refractivity contribution in [1.82, 2.24) is 15.0 Å². The highest BCUT2D eigenvalue weighted by Gasteiger charge is 2.31. The molecule has 5 heteroatoms. The Morgan fingerprint density at radius 3 is 2.95 bits per heavy atom. The van der Waals surface area contributed by atoms with Crippen molar-refractivity contribution in [2.45, 2.75) is 31.8 Å². The molecule has 0 saturated carbocycles. The van der Waals surface area contributed by atoms with Gasteiger partial charge in [-0.25, -0.2) is 0 Å². The summed E-state index contributed by atoms with van der Waals surface area (Å²) in [5.74, 6) is 1.33. The number of benzene rings is 1. The summed E-state index contributed by atoms with van der Waals surface area (Å²) >= 11 is 0. The molecular weight excluding hydrogens is 266 g/mol. The van der Waals surface area contributed by atoms with Gasteiger partial charge in [0.25, 0.3) is 0 Å². The number of nitrogens with zero attached hydrogens (tertiary/aromatic N) is 3. The van der Waals surface area contributed by atoms with Crippen LogP contribution in [0.25, 0.3) is 11.4 Å². The lowest BCUT2D eigenvalue weighted by Crippen LogP contribution is -2.35. The summed E-state index contributed by atoms with van der Waals surface area (Å²) in [5, 5.41) is 4.11. The molecule has 1 aromatic heterocycles.